The number of benzene rings is 2. The minimum atomic E-state index is -0.269. The standard InChI is InChI=1S/C19H18ClNO4/c1-12-3-5-16(23-2)15(9-12)21-18(22)6-4-13-10-14(20)19-17(11-13)24-7-8-25-19/h3-6,9-11H,7-8H2,1-2H3,(H,21,22)/b6-4+. The van der Waals surface area contributed by atoms with E-state index in [1.54, 1.807) is 25.3 Å². The fourth-order valence-corrected chi connectivity index (χ4v) is 2.77. The minimum Gasteiger partial charge on any atom is -0.495 e. The Labute approximate surface area is 151 Å². The summed E-state index contributed by atoms with van der Waals surface area (Å²) in [4.78, 5) is 12.2. The van der Waals surface area contributed by atoms with Crippen LogP contribution in [0.2, 0.25) is 5.02 Å². The molecule has 130 valence electrons. The second-order valence-electron chi connectivity index (χ2n) is 5.55. The van der Waals surface area contributed by atoms with Crippen molar-refractivity contribution in [3.8, 4) is 17.2 Å². The molecule has 2 aromatic rings. The van der Waals surface area contributed by atoms with E-state index >= 15 is 0 Å². The van der Waals surface area contributed by atoms with Crippen LogP contribution in [0.1, 0.15) is 11.1 Å². The number of rotatable bonds is 4. The zero-order valence-electron chi connectivity index (χ0n) is 14.0. The molecule has 0 spiro atoms. The predicted octanol–water partition coefficient (Wildman–Crippen LogP) is 4.08. The fourth-order valence-electron chi connectivity index (χ4n) is 2.49. The van der Waals surface area contributed by atoms with Gasteiger partial charge in [0.15, 0.2) is 11.5 Å². The Morgan fingerprint density at radius 2 is 2.04 bits per heavy atom. The molecule has 0 saturated heterocycles. The second-order valence-corrected chi connectivity index (χ2v) is 5.96. The molecule has 5 nitrogen and oxygen atoms in total. The van der Waals surface area contributed by atoms with Crippen molar-refractivity contribution in [2.45, 2.75) is 6.92 Å². The van der Waals surface area contributed by atoms with Gasteiger partial charge in [-0.05, 0) is 48.4 Å². The molecule has 3 rings (SSSR count). The number of amides is 1. The predicted molar refractivity (Wildman–Crippen MR) is 97.8 cm³/mol. The van der Waals surface area contributed by atoms with Gasteiger partial charge in [0, 0.05) is 6.08 Å². The Bertz CT molecular complexity index is 832. The van der Waals surface area contributed by atoms with Gasteiger partial charge in [0.2, 0.25) is 5.91 Å². The molecule has 6 heteroatoms. The van der Waals surface area contributed by atoms with Crippen molar-refractivity contribution >= 4 is 29.3 Å². The zero-order chi connectivity index (χ0) is 17.8. The molecule has 0 bridgehead atoms. The highest BCUT2D eigenvalue weighted by Gasteiger charge is 2.16. The third-order valence-corrected chi connectivity index (χ3v) is 3.94. The lowest BCUT2D eigenvalue weighted by molar-refractivity contribution is -0.111. The number of carbonyl (C=O) groups excluding carboxylic acids is 1. The van der Waals surface area contributed by atoms with Crippen molar-refractivity contribution in [2.24, 2.45) is 0 Å². The smallest absolute Gasteiger partial charge is 0.248 e. The summed E-state index contributed by atoms with van der Waals surface area (Å²) in [5.74, 6) is 1.46. The molecule has 1 aliphatic rings. The van der Waals surface area contributed by atoms with Crippen LogP contribution in [-0.2, 0) is 4.79 Å². The van der Waals surface area contributed by atoms with Crippen LogP contribution in [0.5, 0.6) is 17.2 Å². The van der Waals surface area contributed by atoms with Gasteiger partial charge in [-0.3, -0.25) is 4.79 Å². The highest BCUT2D eigenvalue weighted by molar-refractivity contribution is 6.32. The van der Waals surface area contributed by atoms with Gasteiger partial charge in [-0.2, -0.15) is 0 Å². The molecule has 1 aliphatic heterocycles. The van der Waals surface area contributed by atoms with Crippen molar-refractivity contribution in [1.82, 2.24) is 0 Å². The molecule has 0 saturated carbocycles. The van der Waals surface area contributed by atoms with E-state index < -0.39 is 0 Å². The van der Waals surface area contributed by atoms with E-state index in [-0.39, 0.29) is 5.91 Å². The van der Waals surface area contributed by atoms with Crippen LogP contribution in [0.25, 0.3) is 6.08 Å². The first-order valence-electron chi connectivity index (χ1n) is 7.79. The van der Waals surface area contributed by atoms with Gasteiger partial charge in [0.05, 0.1) is 17.8 Å². The Morgan fingerprint density at radius 1 is 1.24 bits per heavy atom. The van der Waals surface area contributed by atoms with Gasteiger partial charge in [-0.25, -0.2) is 0 Å². The topological polar surface area (TPSA) is 56.8 Å². The van der Waals surface area contributed by atoms with Gasteiger partial charge in [-0.15, -0.1) is 0 Å². The molecule has 0 radical (unpaired) electrons. The maximum absolute atomic E-state index is 12.2. The van der Waals surface area contributed by atoms with Crippen molar-refractivity contribution in [3.05, 3.63) is 52.6 Å². The van der Waals surface area contributed by atoms with E-state index in [1.165, 1.54) is 6.08 Å². The Morgan fingerprint density at radius 3 is 2.84 bits per heavy atom. The lowest BCUT2D eigenvalue weighted by Crippen LogP contribution is -2.15. The summed E-state index contributed by atoms with van der Waals surface area (Å²) in [6, 6.07) is 9.10. The van der Waals surface area contributed by atoms with E-state index in [2.05, 4.69) is 5.32 Å². The molecule has 1 heterocycles. The molecule has 1 N–H and O–H groups in total. The van der Waals surface area contributed by atoms with Crippen LogP contribution >= 0.6 is 11.6 Å². The first-order chi connectivity index (χ1) is 12.1. The third-order valence-electron chi connectivity index (χ3n) is 3.66. The third kappa shape index (κ3) is 4.06. The van der Waals surface area contributed by atoms with Crippen LogP contribution in [0.15, 0.2) is 36.4 Å². The molecular weight excluding hydrogens is 342 g/mol. The van der Waals surface area contributed by atoms with Gasteiger partial charge < -0.3 is 19.5 Å². The van der Waals surface area contributed by atoms with Gasteiger partial charge in [-0.1, -0.05) is 17.7 Å². The van der Waals surface area contributed by atoms with Crippen molar-refractivity contribution in [2.75, 3.05) is 25.6 Å². The monoisotopic (exact) mass is 359 g/mol. The summed E-state index contributed by atoms with van der Waals surface area (Å²) < 4.78 is 16.3. The van der Waals surface area contributed by atoms with Gasteiger partial charge in [0.25, 0.3) is 0 Å². The van der Waals surface area contributed by atoms with Crippen LogP contribution < -0.4 is 19.5 Å². The fraction of sp³-hybridized carbons (Fsp3) is 0.211. The lowest BCUT2D eigenvalue weighted by atomic mass is 10.1. The number of anilines is 1. The number of halogens is 1. The highest BCUT2D eigenvalue weighted by atomic mass is 35.5. The molecule has 0 unspecified atom stereocenters. The van der Waals surface area contributed by atoms with Crippen molar-refractivity contribution < 1.29 is 19.0 Å². The van der Waals surface area contributed by atoms with Gasteiger partial charge >= 0.3 is 0 Å². The molecule has 1 amide bonds. The number of carbonyl (C=O) groups is 1. The zero-order valence-corrected chi connectivity index (χ0v) is 14.7. The average molecular weight is 360 g/mol. The Hall–Kier alpha value is -2.66. The average Bonchev–Trinajstić information content (AvgIpc) is 2.60. The molecule has 0 fully saturated rings. The number of fused-ring (bicyclic) bond motifs is 1. The van der Waals surface area contributed by atoms with Gasteiger partial charge in [0.1, 0.15) is 19.0 Å². The first-order valence-corrected chi connectivity index (χ1v) is 8.17. The van der Waals surface area contributed by atoms with E-state index in [0.29, 0.717) is 41.2 Å². The number of hydrogen-bond donors (Lipinski definition) is 1. The molecule has 0 atom stereocenters. The number of nitrogens with one attached hydrogen (secondary N) is 1. The summed E-state index contributed by atoms with van der Waals surface area (Å²) in [6.07, 6.45) is 3.10. The highest BCUT2D eigenvalue weighted by Crippen LogP contribution is 2.38. The molecule has 0 aliphatic carbocycles. The lowest BCUT2D eigenvalue weighted by Gasteiger charge is -2.19. The normalized spacial score (nSPS) is 12.9. The van der Waals surface area contributed by atoms with E-state index in [4.69, 9.17) is 25.8 Å². The summed E-state index contributed by atoms with van der Waals surface area (Å²) in [6.45, 7) is 2.90. The SMILES string of the molecule is COc1ccc(C)cc1NC(=O)/C=C/c1cc(Cl)c2c(c1)OCCO2. The van der Waals surface area contributed by atoms with Crippen LogP contribution in [-0.4, -0.2) is 26.2 Å². The summed E-state index contributed by atoms with van der Waals surface area (Å²) in [5, 5.41) is 3.27. The van der Waals surface area contributed by atoms with E-state index in [0.717, 1.165) is 11.1 Å². The van der Waals surface area contributed by atoms with Crippen molar-refractivity contribution in [3.63, 3.8) is 0 Å². The Balaban J connectivity index is 1.75. The minimum absolute atomic E-state index is 0.269. The van der Waals surface area contributed by atoms with E-state index in [9.17, 15) is 4.79 Å². The molecule has 2 aromatic carbocycles. The summed E-state index contributed by atoms with van der Waals surface area (Å²) in [5.41, 5.74) is 2.40. The molecule has 25 heavy (non-hydrogen) atoms. The quantitative estimate of drug-likeness (QED) is 0.836. The summed E-state index contributed by atoms with van der Waals surface area (Å²) >= 11 is 6.19. The van der Waals surface area contributed by atoms with E-state index in [1.807, 2.05) is 25.1 Å². The molecular formula is C19H18ClNO4. The van der Waals surface area contributed by atoms with Crippen LogP contribution in [0.3, 0.4) is 0 Å². The second kappa shape index (κ2) is 7.49. The Kier molecular flexibility index (Phi) is 5.14. The number of hydrogen-bond acceptors (Lipinski definition) is 4. The first kappa shape index (κ1) is 17.2. The maximum Gasteiger partial charge on any atom is 0.248 e. The van der Waals surface area contributed by atoms with Crippen LogP contribution in [0.4, 0.5) is 5.69 Å². The number of ether oxygens (including phenoxy) is 3. The maximum atomic E-state index is 12.2. The number of aryl methyl sites for hydroxylation is 1. The largest absolute Gasteiger partial charge is 0.495 e. The van der Waals surface area contributed by atoms with Crippen molar-refractivity contribution in [1.29, 1.82) is 0 Å². The molecule has 0 aromatic heterocycles. The number of methoxy groups -OCH3 is 1. The summed E-state index contributed by atoms with van der Waals surface area (Å²) in [7, 11) is 1.56. The van der Waals surface area contributed by atoms with Crippen LogP contribution in [0, 0.1) is 6.92 Å².